The zero-order chi connectivity index (χ0) is 16.4. The van der Waals surface area contributed by atoms with Gasteiger partial charge in [0.15, 0.2) is 0 Å². The van der Waals surface area contributed by atoms with Crippen LogP contribution in [0.2, 0.25) is 0 Å². The fraction of sp³-hybridized carbons (Fsp3) is 0.438. The van der Waals surface area contributed by atoms with E-state index in [9.17, 15) is 9.59 Å². The van der Waals surface area contributed by atoms with E-state index in [0.717, 1.165) is 16.3 Å². The van der Waals surface area contributed by atoms with Crippen molar-refractivity contribution in [3.63, 3.8) is 0 Å². The Bertz CT molecular complexity index is 701. The summed E-state index contributed by atoms with van der Waals surface area (Å²) >= 11 is 3.06. The van der Waals surface area contributed by atoms with Crippen LogP contribution in [0.4, 0.5) is 0 Å². The van der Waals surface area contributed by atoms with Crippen molar-refractivity contribution in [1.29, 1.82) is 0 Å². The molecular formula is C16H18N2O3S2. The Balaban J connectivity index is 1.71. The first kappa shape index (κ1) is 16.1. The van der Waals surface area contributed by atoms with Crippen molar-refractivity contribution in [2.24, 2.45) is 5.92 Å². The maximum absolute atomic E-state index is 12.7. The molecule has 1 amide bonds. The molecule has 0 N–H and O–H groups in total. The number of likely N-dealkylation sites (tertiary alicyclic amines) is 1. The minimum atomic E-state index is -0.175. The van der Waals surface area contributed by atoms with Gasteiger partial charge in [-0.05, 0) is 31.2 Å². The number of hydrogen-bond donors (Lipinski definition) is 0. The van der Waals surface area contributed by atoms with Gasteiger partial charge >= 0.3 is 5.97 Å². The maximum atomic E-state index is 12.7. The molecule has 2 aromatic rings. The lowest BCUT2D eigenvalue weighted by atomic mass is 9.97. The van der Waals surface area contributed by atoms with Crippen LogP contribution in [0.15, 0.2) is 16.8 Å². The molecule has 0 radical (unpaired) electrons. The Morgan fingerprint density at radius 3 is 2.70 bits per heavy atom. The summed E-state index contributed by atoms with van der Waals surface area (Å²) in [5.74, 6) is -0.247. The van der Waals surface area contributed by atoms with Crippen LogP contribution in [-0.4, -0.2) is 42.0 Å². The number of nitrogens with zero attached hydrogens (tertiary/aromatic N) is 2. The zero-order valence-electron chi connectivity index (χ0n) is 13.1. The molecule has 3 rings (SSSR count). The first-order valence-electron chi connectivity index (χ1n) is 7.47. The normalized spacial score (nSPS) is 15.7. The number of methoxy groups -OCH3 is 1. The molecule has 1 aliphatic heterocycles. The molecule has 0 spiro atoms. The van der Waals surface area contributed by atoms with Gasteiger partial charge in [-0.1, -0.05) is 0 Å². The predicted octanol–water partition coefficient (Wildman–Crippen LogP) is 3.21. The molecule has 7 heteroatoms. The van der Waals surface area contributed by atoms with E-state index in [4.69, 9.17) is 4.74 Å². The highest BCUT2D eigenvalue weighted by Crippen LogP contribution is 2.31. The van der Waals surface area contributed by atoms with Crippen molar-refractivity contribution in [2.45, 2.75) is 19.8 Å². The van der Waals surface area contributed by atoms with E-state index in [0.29, 0.717) is 30.8 Å². The van der Waals surface area contributed by atoms with Crippen molar-refractivity contribution in [3.05, 3.63) is 27.4 Å². The van der Waals surface area contributed by atoms with Crippen LogP contribution in [0.3, 0.4) is 0 Å². The summed E-state index contributed by atoms with van der Waals surface area (Å²) in [7, 11) is 1.41. The van der Waals surface area contributed by atoms with E-state index in [1.807, 2.05) is 28.7 Å². The first-order valence-corrected chi connectivity index (χ1v) is 9.23. The fourth-order valence-corrected chi connectivity index (χ4v) is 4.48. The molecule has 23 heavy (non-hydrogen) atoms. The van der Waals surface area contributed by atoms with Crippen LogP contribution < -0.4 is 0 Å². The molecule has 0 aliphatic carbocycles. The first-order chi connectivity index (χ1) is 11.1. The van der Waals surface area contributed by atoms with Crippen LogP contribution >= 0.6 is 22.7 Å². The van der Waals surface area contributed by atoms with Crippen LogP contribution in [0.5, 0.6) is 0 Å². The Morgan fingerprint density at radius 2 is 2.09 bits per heavy atom. The minimum Gasteiger partial charge on any atom is -0.469 e. The topological polar surface area (TPSA) is 59.5 Å². The Kier molecular flexibility index (Phi) is 4.77. The summed E-state index contributed by atoms with van der Waals surface area (Å²) < 4.78 is 4.78. The summed E-state index contributed by atoms with van der Waals surface area (Å²) in [4.78, 5) is 31.3. The molecule has 0 aromatic carbocycles. The van der Waals surface area contributed by atoms with Gasteiger partial charge < -0.3 is 9.64 Å². The Labute approximate surface area is 142 Å². The van der Waals surface area contributed by atoms with Crippen molar-refractivity contribution >= 4 is 34.6 Å². The second kappa shape index (κ2) is 6.80. The molecule has 5 nitrogen and oxygen atoms in total. The summed E-state index contributed by atoms with van der Waals surface area (Å²) in [6.07, 6.45) is 1.32. The number of thiophene rings is 1. The van der Waals surface area contributed by atoms with Crippen LogP contribution in [0.1, 0.15) is 28.2 Å². The zero-order valence-corrected chi connectivity index (χ0v) is 14.7. The summed E-state index contributed by atoms with van der Waals surface area (Å²) in [5, 5.41) is 4.93. The number of ether oxygens (including phenoxy) is 1. The minimum absolute atomic E-state index is 0.0183. The largest absolute Gasteiger partial charge is 0.469 e. The number of aryl methyl sites for hydroxylation is 1. The SMILES string of the molecule is COC(=O)C1CCN(C(=O)c2sc(-c3ccsc3)nc2C)CC1. The standard InChI is InChI=1S/C16H18N2O3S2/c1-10-13(23-14(17-10)12-5-8-22-9-12)15(19)18-6-3-11(4-7-18)16(20)21-2/h5,8-9,11H,3-4,6-7H2,1-2H3. The van der Waals surface area contributed by atoms with Gasteiger partial charge in [0.1, 0.15) is 9.88 Å². The number of rotatable bonds is 3. The van der Waals surface area contributed by atoms with Gasteiger partial charge in [0.2, 0.25) is 0 Å². The van der Waals surface area contributed by atoms with E-state index in [1.165, 1.54) is 18.4 Å². The van der Waals surface area contributed by atoms with E-state index in [-0.39, 0.29) is 17.8 Å². The average molecular weight is 350 g/mol. The van der Waals surface area contributed by atoms with Crippen LogP contribution in [0, 0.1) is 12.8 Å². The number of aromatic nitrogens is 1. The highest BCUT2D eigenvalue weighted by molar-refractivity contribution is 7.17. The summed E-state index contributed by atoms with van der Waals surface area (Å²) in [6.45, 7) is 3.05. The molecule has 0 bridgehead atoms. The van der Waals surface area contributed by atoms with Crippen LogP contribution in [-0.2, 0) is 9.53 Å². The quantitative estimate of drug-likeness (QED) is 0.798. The predicted molar refractivity (Wildman–Crippen MR) is 90.8 cm³/mol. The number of thiazole rings is 1. The summed E-state index contributed by atoms with van der Waals surface area (Å²) in [6, 6.07) is 2.01. The molecular weight excluding hydrogens is 332 g/mol. The number of carbonyl (C=O) groups excluding carboxylic acids is 2. The molecule has 2 aromatic heterocycles. The molecule has 122 valence electrons. The number of amides is 1. The van der Waals surface area contributed by atoms with Gasteiger partial charge in [0.25, 0.3) is 5.91 Å². The van der Waals surface area contributed by atoms with Gasteiger partial charge in [0, 0.05) is 24.0 Å². The second-order valence-electron chi connectivity index (χ2n) is 5.54. The molecule has 1 fully saturated rings. The Hall–Kier alpha value is -1.73. The smallest absolute Gasteiger partial charge is 0.308 e. The van der Waals surface area contributed by atoms with Crippen molar-refractivity contribution in [3.8, 4) is 10.6 Å². The maximum Gasteiger partial charge on any atom is 0.308 e. The van der Waals surface area contributed by atoms with E-state index >= 15 is 0 Å². The lowest BCUT2D eigenvalue weighted by molar-refractivity contribution is -0.146. The number of carbonyl (C=O) groups is 2. The van der Waals surface area contributed by atoms with Gasteiger partial charge in [0.05, 0.1) is 18.7 Å². The van der Waals surface area contributed by atoms with E-state index in [2.05, 4.69) is 4.98 Å². The highest BCUT2D eigenvalue weighted by Gasteiger charge is 2.30. The number of piperidine rings is 1. The molecule has 0 atom stereocenters. The molecule has 3 heterocycles. The number of hydrogen-bond acceptors (Lipinski definition) is 6. The molecule has 1 saturated heterocycles. The van der Waals surface area contributed by atoms with Crippen molar-refractivity contribution in [2.75, 3.05) is 20.2 Å². The Morgan fingerprint density at radius 1 is 1.35 bits per heavy atom. The van der Waals surface area contributed by atoms with Gasteiger partial charge in [-0.25, -0.2) is 4.98 Å². The average Bonchev–Trinajstić information content (AvgIpc) is 3.23. The third-order valence-electron chi connectivity index (χ3n) is 4.08. The fourth-order valence-electron chi connectivity index (χ4n) is 2.73. The monoisotopic (exact) mass is 350 g/mol. The van der Waals surface area contributed by atoms with Crippen molar-refractivity contribution in [1.82, 2.24) is 9.88 Å². The molecule has 0 unspecified atom stereocenters. The van der Waals surface area contributed by atoms with Gasteiger partial charge in [-0.15, -0.1) is 11.3 Å². The lowest BCUT2D eigenvalue weighted by Gasteiger charge is -2.30. The van der Waals surface area contributed by atoms with Crippen molar-refractivity contribution < 1.29 is 14.3 Å². The van der Waals surface area contributed by atoms with Gasteiger partial charge in [-0.3, -0.25) is 9.59 Å². The third kappa shape index (κ3) is 3.30. The second-order valence-corrected chi connectivity index (χ2v) is 7.31. The number of esters is 1. The highest BCUT2D eigenvalue weighted by atomic mass is 32.1. The molecule has 1 aliphatic rings. The van der Waals surface area contributed by atoms with E-state index in [1.54, 1.807) is 11.3 Å². The van der Waals surface area contributed by atoms with Crippen LogP contribution in [0.25, 0.3) is 10.6 Å². The van der Waals surface area contributed by atoms with E-state index < -0.39 is 0 Å². The lowest BCUT2D eigenvalue weighted by Crippen LogP contribution is -2.40. The van der Waals surface area contributed by atoms with Gasteiger partial charge in [-0.2, -0.15) is 11.3 Å². The third-order valence-corrected chi connectivity index (χ3v) is 5.95. The summed E-state index contributed by atoms with van der Waals surface area (Å²) in [5.41, 5.74) is 1.84. The molecule has 0 saturated carbocycles.